The van der Waals surface area contributed by atoms with E-state index in [1.54, 1.807) is 4.90 Å². The summed E-state index contributed by atoms with van der Waals surface area (Å²) in [6.45, 7) is 8.26. The van der Waals surface area contributed by atoms with E-state index in [0.717, 1.165) is 70.6 Å². The molecule has 0 unspecified atom stereocenters. The van der Waals surface area contributed by atoms with Crippen molar-refractivity contribution >= 4 is 29.8 Å². The highest BCUT2D eigenvalue weighted by atomic mass is 32.1. The second-order valence-corrected chi connectivity index (χ2v) is 12.1. The Hall–Kier alpha value is -1.50. The maximum atomic E-state index is 12.5. The van der Waals surface area contributed by atoms with Crippen molar-refractivity contribution in [3.05, 3.63) is 12.2 Å². The maximum absolute atomic E-state index is 12.5. The third-order valence-electron chi connectivity index (χ3n) is 7.68. The van der Waals surface area contributed by atoms with E-state index in [-0.39, 0.29) is 23.3 Å². The second kappa shape index (κ2) is 30.9. The Morgan fingerprint density at radius 3 is 1.64 bits per heavy atom. The van der Waals surface area contributed by atoms with Gasteiger partial charge in [0.15, 0.2) is 0 Å². The van der Waals surface area contributed by atoms with Crippen molar-refractivity contribution in [3.8, 4) is 0 Å². The average molecular weight is 612 g/mol. The average Bonchev–Trinajstić information content (AvgIpc) is 2.97. The molecule has 42 heavy (non-hydrogen) atoms. The van der Waals surface area contributed by atoms with Crippen LogP contribution in [0.25, 0.3) is 0 Å². The van der Waals surface area contributed by atoms with Crippen LogP contribution in [0.3, 0.4) is 0 Å². The fourth-order valence-corrected chi connectivity index (χ4v) is 5.19. The number of thiol groups is 1. The Morgan fingerprint density at radius 2 is 1.12 bits per heavy atom. The van der Waals surface area contributed by atoms with Crippen molar-refractivity contribution in [1.29, 1.82) is 0 Å². The number of unbranched alkanes of at least 4 members (excludes halogenated alkanes) is 14. The van der Waals surface area contributed by atoms with E-state index in [0.29, 0.717) is 32.5 Å². The van der Waals surface area contributed by atoms with Gasteiger partial charge in [-0.15, -0.1) is 0 Å². The molecule has 7 heteroatoms. The van der Waals surface area contributed by atoms with Crippen LogP contribution in [0.5, 0.6) is 0 Å². The standard InChI is InChI=1S/C35H65NO5S/c1-4-7-10-13-14-15-24-31-40-33(37)27-20-16-22-29-36(35(39)42)30-23-17-21-28-34(38)41-32(25-18-11-8-5-2)26-19-12-9-6-3/h15,24,32H,4-14,16-23,25-31H2,1-3H3,(H,39,42)/b24-15-. The third kappa shape index (κ3) is 27.3. The number of rotatable bonds is 30. The minimum absolute atomic E-state index is 0.0623. The summed E-state index contributed by atoms with van der Waals surface area (Å²) in [5, 5.41) is -0.218. The normalized spacial score (nSPS) is 11.4. The quantitative estimate of drug-likeness (QED) is 0.0379. The summed E-state index contributed by atoms with van der Waals surface area (Å²) in [7, 11) is 0. The monoisotopic (exact) mass is 611 g/mol. The zero-order valence-electron chi connectivity index (χ0n) is 27.6. The highest BCUT2D eigenvalue weighted by Crippen LogP contribution is 2.17. The van der Waals surface area contributed by atoms with E-state index in [1.807, 2.05) is 6.08 Å². The molecule has 0 saturated carbocycles. The van der Waals surface area contributed by atoms with Gasteiger partial charge in [0.2, 0.25) is 0 Å². The van der Waals surface area contributed by atoms with Gasteiger partial charge in [0, 0.05) is 25.9 Å². The van der Waals surface area contributed by atoms with Crippen molar-refractivity contribution in [2.75, 3.05) is 19.7 Å². The van der Waals surface area contributed by atoms with Crippen LogP contribution >= 0.6 is 12.6 Å². The van der Waals surface area contributed by atoms with Gasteiger partial charge in [0.05, 0.1) is 0 Å². The molecule has 0 aromatic carbocycles. The van der Waals surface area contributed by atoms with Gasteiger partial charge in [-0.05, 0) is 64.2 Å². The van der Waals surface area contributed by atoms with E-state index in [4.69, 9.17) is 9.47 Å². The minimum atomic E-state index is -0.218. The Labute approximate surface area is 264 Å². The highest BCUT2D eigenvalue weighted by molar-refractivity contribution is 7.96. The lowest BCUT2D eigenvalue weighted by atomic mass is 10.0. The first-order valence-electron chi connectivity index (χ1n) is 17.4. The van der Waals surface area contributed by atoms with E-state index >= 15 is 0 Å². The van der Waals surface area contributed by atoms with Gasteiger partial charge in [-0.1, -0.05) is 116 Å². The molecule has 1 amide bonds. The second-order valence-electron chi connectivity index (χ2n) is 11.7. The SMILES string of the molecule is CCCCCC/C=C\COC(=O)CCCCCN(CCCCCC(=O)OC(CCCCCC)CCCCCC)C(=O)S. The number of carbonyl (C=O) groups is 3. The number of amides is 1. The van der Waals surface area contributed by atoms with E-state index in [1.165, 1.54) is 64.2 Å². The summed E-state index contributed by atoms with van der Waals surface area (Å²) >= 11 is 4.04. The van der Waals surface area contributed by atoms with Crippen molar-refractivity contribution in [2.24, 2.45) is 0 Å². The van der Waals surface area contributed by atoms with Crippen molar-refractivity contribution in [1.82, 2.24) is 4.90 Å². The molecular weight excluding hydrogens is 546 g/mol. The van der Waals surface area contributed by atoms with Gasteiger partial charge in [0.1, 0.15) is 12.7 Å². The molecule has 0 radical (unpaired) electrons. The summed E-state index contributed by atoms with van der Waals surface area (Å²) in [6.07, 6.45) is 27.5. The zero-order valence-corrected chi connectivity index (χ0v) is 28.4. The molecule has 0 saturated heterocycles. The molecule has 0 fully saturated rings. The number of hydrogen-bond acceptors (Lipinski definition) is 5. The van der Waals surface area contributed by atoms with Gasteiger partial charge in [-0.25, -0.2) is 0 Å². The molecular formula is C35H65NO5S. The van der Waals surface area contributed by atoms with Crippen LogP contribution < -0.4 is 0 Å². The first kappa shape index (κ1) is 40.5. The molecule has 0 rings (SSSR count). The summed E-state index contributed by atoms with van der Waals surface area (Å²) in [6, 6.07) is 0. The third-order valence-corrected chi connectivity index (χ3v) is 7.96. The molecule has 6 nitrogen and oxygen atoms in total. The van der Waals surface area contributed by atoms with Crippen molar-refractivity contribution in [3.63, 3.8) is 0 Å². The first-order valence-corrected chi connectivity index (χ1v) is 17.9. The molecule has 0 N–H and O–H groups in total. The number of nitrogens with zero attached hydrogens (tertiary/aromatic N) is 1. The van der Waals surface area contributed by atoms with Crippen LogP contribution in [0, 0.1) is 0 Å². The lowest BCUT2D eigenvalue weighted by Crippen LogP contribution is -2.28. The molecule has 0 aliphatic heterocycles. The predicted molar refractivity (Wildman–Crippen MR) is 179 cm³/mol. The molecule has 0 heterocycles. The van der Waals surface area contributed by atoms with Gasteiger partial charge in [-0.2, -0.15) is 0 Å². The Balaban J connectivity index is 4.03. The molecule has 0 aliphatic rings. The van der Waals surface area contributed by atoms with E-state index in [2.05, 4.69) is 39.5 Å². The summed E-state index contributed by atoms with van der Waals surface area (Å²) < 4.78 is 11.1. The lowest BCUT2D eigenvalue weighted by Gasteiger charge is -2.20. The van der Waals surface area contributed by atoms with Crippen molar-refractivity contribution < 1.29 is 23.9 Å². The summed E-state index contributed by atoms with van der Waals surface area (Å²) in [5.41, 5.74) is 0. The topological polar surface area (TPSA) is 72.9 Å². The number of hydrogen-bond donors (Lipinski definition) is 1. The fraction of sp³-hybridized carbons (Fsp3) is 0.857. The largest absolute Gasteiger partial charge is 0.462 e. The number of carbonyl (C=O) groups excluding carboxylic acids is 3. The molecule has 0 bridgehead atoms. The maximum Gasteiger partial charge on any atom is 0.306 e. The summed E-state index contributed by atoms with van der Waals surface area (Å²) in [5.74, 6) is -0.240. The Kier molecular flexibility index (Phi) is 29.8. The molecule has 0 aromatic heterocycles. The molecule has 246 valence electrons. The van der Waals surface area contributed by atoms with Crippen LogP contribution in [0.4, 0.5) is 4.79 Å². The van der Waals surface area contributed by atoms with Crippen LogP contribution in [0.1, 0.15) is 168 Å². The van der Waals surface area contributed by atoms with Gasteiger partial charge in [0.25, 0.3) is 5.24 Å². The highest BCUT2D eigenvalue weighted by Gasteiger charge is 2.15. The molecule has 0 aliphatic carbocycles. The number of esters is 2. The fourth-order valence-electron chi connectivity index (χ4n) is 4.99. The van der Waals surface area contributed by atoms with Gasteiger partial charge < -0.3 is 14.4 Å². The minimum Gasteiger partial charge on any atom is -0.462 e. The van der Waals surface area contributed by atoms with Gasteiger partial charge in [-0.3, -0.25) is 14.4 Å². The van der Waals surface area contributed by atoms with Gasteiger partial charge >= 0.3 is 11.9 Å². The van der Waals surface area contributed by atoms with Crippen molar-refractivity contribution in [2.45, 2.75) is 175 Å². The first-order chi connectivity index (χ1) is 20.4. The number of ether oxygens (including phenoxy) is 2. The number of allylic oxidation sites excluding steroid dienone is 1. The smallest absolute Gasteiger partial charge is 0.306 e. The van der Waals surface area contributed by atoms with E-state index in [9.17, 15) is 14.4 Å². The molecule has 0 atom stereocenters. The van der Waals surface area contributed by atoms with Crippen LogP contribution in [0.2, 0.25) is 0 Å². The zero-order chi connectivity index (χ0) is 31.1. The molecule has 0 spiro atoms. The van der Waals surface area contributed by atoms with Crippen LogP contribution in [-0.4, -0.2) is 47.9 Å². The van der Waals surface area contributed by atoms with E-state index < -0.39 is 0 Å². The Bertz CT molecular complexity index is 672. The lowest BCUT2D eigenvalue weighted by molar-refractivity contribution is -0.150. The van der Waals surface area contributed by atoms with Crippen LogP contribution in [0.15, 0.2) is 12.2 Å². The molecule has 0 aromatic rings. The van der Waals surface area contributed by atoms with Crippen LogP contribution in [-0.2, 0) is 19.1 Å². The summed E-state index contributed by atoms with van der Waals surface area (Å²) in [4.78, 5) is 38.1. The Morgan fingerprint density at radius 1 is 0.619 bits per heavy atom. The predicted octanol–water partition coefficient (Wildman–Crippen LogP) is 10.4.